The van der Waals surface area contributed by atoms with Crippen LogP contribution in [0.25, 0.3) is 0 Å². The summed E-state index contributed by atoms with van der Waals surface area (Å²) < 4.78 is 5.81. The first-order chi connectivity index (χ1) is 6.33. The second-order valence-corrected chi connectivity index (χ2v) is 5.92. The van der Waals surface area contributed by atoms with Gasteiger partial charge in [0, 0.05) is 0 Å². The summed E-state index contributed by atoms with van der Waals surface area (Å²) in [6.45, 7) is 15.3. The van der Waals surface area contributed by atoms with E-state index in [4.69, 9.17) is 4.74 Å². The molecule has 0 N–H and O–H groups in total. The minimum absolute atomic E-state index is 0.336. The lowest BCUT2D eigenvalue weighted by molar-refractivity contribution is 0.0110. The highest BCUT2D eigenvalue weighted by Crippen LogP contribution is 2.25. The van der Waals surface area contributed by atoms with Gasteiger partial charge in [0.05, 0.1) is 13.2 Å². The molecule has 0 aliphatic rings. The molecule has 0 aromatic rings. The maximum Gasteiger partial charge on any atom is 0.0517 e. The van der Waals surface area contributed by atoms with Crippen molar-refractivity contribution < 1.29 is 4.74 Å². The third-order valence-electron chi connectivity index (χ3n) is 2.87. The molecule has 0 fully saturated rings. The Morgan fingerprint density at radius 1 is 0.857 bits per heavy atom. The van der Waals surface area contributed by atoms with Crippen LogP contribution in [-0.2, 0) is 4.74 Å². The SMILES string of the molecule is CCCC(C)(C)COCC(C)(C)CC. The molecule has 0 rings (SSSR count). The molecule has 0 amide bonds. The average molecular weight is 200 g/mol. The third kappa shape index (κ3) is 6.42. The molecule has 1 heteroatoms. The molecule has 14 heavy (non-hydrogen) atoms. The van der Waals surface area contributed by atoms with Crippen molar-refractivity contribution in [2.24, 2.45) is 10.8 Å². The molecule has 0 aromatic heterocycles. The molecule has 0 aliphatic heterocycles. The predicted molar refractivity (Wildman–Crippen MR) is 63.6 cm³/mol. The Hall–Kier alpha value is -0.0400. The zero-order valence-corrected chi connectivity index (χ0v) is 10.9. The monoisotopic (exact) mass is 200 g/mol. The Bertz CT molecular complexity index is 147. The summed E-state index contributed by atoms with van der Waals surface area (Å²) in [7, 11) is 0. The van der Waals surface area contributed by atoms with Crippen molar-refractivity contribution in [3.05, 3.63) is 0 Å². The van der Waals surface area contributed by atoms with Crippen LogP contribution in [0.4, 0.5) is 0 Å². The molecular weight excluding hydrogens is 172 g/mol. The van der Waals surface area contributed by atoms with Gasteiger partial charge in [0.2, 0.25) is 0 Å². The van der Waals surface area contributed by atoms with E-state index >= 15 is 0 Å². The van der Waals surface area contributed by atoms with Crippen molar-refractivity contribution in [1.82, 2.24) is 0 Å². The van der Waals surface area contributed by atoms with Crippen LogP contribution in [0.15, 0.2) is 0 Å². The van der Waals surface area contributed by atoms with E-state index in [9.17, 15) is 0 Å². The van der Waals surface area contributed by atoms with Gasteiger partial charge in [-0.15, -0.1) is 0 Å². The average Bonchev–Trinajstić information content (AvgIpc) is 2.03. The molecule has 0 radical (unpaired) electrons. The van der Waals surface area contributed by atoms with Crippen LogP contribution >= 0.6 is 0 Å². The largest absolute Gasteiger partial charge is 0.380 e. The van der Waals surface area contributed by atoms with Crippen LogP contribution in [0.1, 0.15) is 60.8 Å². The lowest BCUT2D eigenvalue weighted by Gasteiger charge is -2.28. The number of rotatable bonds is 7. The first-order valence-electron chi connectivity index (χ1n) is 5.91. The summed E-state index contributed by atoms with van der Waals surface area (Å²) in [5.74, 6) is 0. The van der Waals surface area contributed by atoms with Gasteiger partial charge in [0.1, 0.15) is 0 Å². The highest BCUT2D eigenvalue weighted by atomic mass is 16.5. The van der Waals surface area contributed by atoms with Gasteiger partial charge in [-0.1, -0.05) is 48.0 Å². The van der Waals surface area contributed by atoms with E-state index in [-0.39, 0.29) is 0 Å². The van der Waals surface area contributed by atoms with Crippen molar-refractivity contribution in [2.45, 2.75) is 60.8 Å². The molecular formula is C13H28O. The molecule has 86 valence electrons. The summed E-state index contributed by atoms with van der Waals surface area (Å²) in [5.41, 5.74) is 0.681. The second-order valence-electron chi connectivity index (χ2n) is 5.92. The summed E-state index contributed by atoms with van der Waals surface area (Å²) in [5, 5.41) is 0. The van der Waals surface area contributed by atoms with Gasteiger partial charge in [-0.2, -0.15) is 0 Å². The minimum atomic E-state index is 0.336. The van der Waals surface area contributed by atoms with Crippen LogP contribution < -0.4 is 0 Å². The summed E-state index contributed by atoms with van der Waals surface area (Å²) in [6.07, 6.45) is 3.67. The quantitative estimate of drug-likeness (QED) is 0.596. The zero-order valence-electron chi connectivity index (χ0n) is 10.9. The van der Waals surface area contributed by atoms with E-state index in [0.717, 1.165) is 13.2 Å². The molecule has 0 saturated carbocycles. The van der Waals surface area contributed by atoms with E-state index in [0.29, 0.717) is 10.8 Å². The first kappa shape index (κ1) is 14.0. The standard InChI is InChI=1S/C13H28O/c1-7-9-13(5,6)11-14-10-12(3,4)8-2/h7-11H2,1-6H3. The normalized spacial score (nSPS) is 13.3. The Morgan fingerprint density at radius 3 is 1.79 bits per heavy atom. The molecule has 0 aromatic carbocycles. The Balaban J connectivity index is 3.73. The van der Waals surface area contributed by atoms with Gasteiger partial charge in [0.15, 0.2) is 0 Å². The van der Waals surface area contributed by atoms with E-state index in [1.165, 1.54) is 19.3 Å². The minimum Gasteiger partial charge on any atom is -0.380 e. The van der Waals surface area contributed by atoms with Gasteiger partial charge in [-0.05, 0) is 23.7 Å². The van der Waals surface area contributed by atoms with Crippen molar-refractivity contribution >= 4 is 0 Å². The van der Waals surface area contributed by atoms with E-state index in [1.54, 1.807) is 0 Å². The predicted octanol–water partition coefficient (Wildman–Crippen LogP) is 4.27. The van der Waals surface area contributed by atoms with Crippen molar-refractivity contribution in [1.29, 1.82) is 0 Å². The molecule has 0 spiro atoms. The Labute approximate surface area is 90.2 Å². The molecule has 0 bridgehead atoms. The van der Waals surface area contributed by atoms with Gasteiger partial charge >= 0.3 is 0 Å². The van der Waals surface area contributed by atoms with Crippen molar-refractivity contribution in [3.8, 4) is 0 Å². The van der Waals surface area contributed by atoms with Gasteiger partial charge in [-0.25, -0.2) is 0 Å². The van der Waals surface area contributed by atoms with Gasteiger partial charge < -0.3 is 4.74 Å². The van der Waals surface area contributed by atoms with E-state index in [2.05, 4.69) is 41.5 Å². The molecule has 0 aliphatic carbocycles. The zero-order chi connectivity index (χ0) is 11.2. The lowest BCUT2D eigenvalue weighted by atomic mass is 9.88. The van der Waals surface area contributed by atoms with E-state index < -0.39 is 0 Å². The number of hydrogen-bond acceptors (Lipinski definition) is 1. The summed E-state index contributed by atoms with van der Waals surface area (Å²) in [6, 6.07) is 0. The van der Waals surface area contributed by atoms with Crippen LogP contribution in [-0.4, -0.2) is 13.2 Å². The lowest BCUT2D eigenvalue weighted by Crippen LogP contribution is -2.24. The van der Waals surface area contributed by atoms with Crippen LogP contribution in [0.2, 0.25) is 0 Å². The Kier molecular flexibility index (Phi) is 5.73. The Morgan fingerprint density at radius 2 is 1.36 bits per heavy atom. The maximum absolute atomic E-state index is 5.81. The molecule has 0 saturated heterocycles. The molecule has 0 heterocycles. The van der Waals surface area contributed by atoms with Crippen LogP contribution in [0.3, 0.4) is 0 Å². The number of hydrogen-bond donors (Lipinski definition) is 0. The molecule has 0 unspecified atom stereocenters. The highest BCUT2D eigenvalue weighted by Gasteiger charge is 2.20. The smallest absolute Gasteiger partial charge is 0.0517 e. The van der Waals surface area contributed by atoms with E-state index in [1.807, 2.05) is 0 Å². The van der Waals surface area contributed by atoms with Gasteiger partial charge in [0.25, 0.3) is 0 Å². The second kappa shape index (κ2) is 5.75. The fraction of sp³-hybridized carbons (Fsp3) is 1.00. The summed E-state index contributed by atoms with van der Waals surface area (Å²) >= 11 is 0. The van der Waals surface area contributed by atoms with Crippen molar-refractivity contribution in [3.63, 3.8) is 0 Å². The van der Waals surface area contributed by atoms with Crippen LogP contribution in [0, 0.1) is 10.8 Å². The fourth-order valence-electron chi connectivity index (χ4n) is 1.45. The van der Waals surface area contributed by atoms with Crippen molar-refractivity contribution in [2.75, 3.05) is 13.2 Å². The molecule has 0 atom stereocenters. The third-order valence-corrected chi connectivity index (χ3v) is 2.87. The van der Waals surface area contributed by atoms with Crippen LogP contribution in [0.5, 0.6) is 0 Å². The molecule has 1 nitrogen and oxygen atoms in total. The fourth-order valence-corrected chi connectivity index (χ4v) is 1.45. The number of ether oxygens (including phenoxy) is 1. The topological polar surface area (TPSA) is 9.23 Å². The summed E-state index contributed by atoms with van der Waals surface area (Å²) in [4.78, 5) is 0. The first-order valence-corrected chi connectivity index (χ1v) is 5.91. The highest BCUT2D eigenvalue weighted by molar-refractivity contribution is 4.69. The van der Waals surface area contributed by atoms with Gasteiger partial charge in [-0.3, -0.25) is 0 Å². The maximum atomic E-state index is 5.81.